The van der Waals surface area contributed by atoms with Crippen LogP contribution in [0.15, 0.2) is 42.5 Å². The molecule has 0 unspecified atom stereocenters. The molecule has 1 atom stereocenters. The molecule has 1 N–H and O–H groups in total. The first-order valence-electron chi connectivity index (χ1n) is 10.8. The number of nitrogens with one attached hydrogen (secondary N) is 1. The number of benzene rings is 2. The minimum atomic E-state index is -0.518. The van der Waals surface area contributed by atoms with Gasteiger partial charge in [-0.15, -0.1) is 0 Å². The van der Waals surface area contributed by atoms with Crippen LogP contribution in [0, 0.1) is 5.92 Å². The summed E-state index contributed by atoms with van der Waals surface area (Å²) < 4.78 is 12.1. The number of hydrogen-bond acceptors (Lipinski definition) is 4. The minimum Gasteiger partial charge on any atom is -0.448 e. The van der Waals surface area contributed by atoms with Crippen LogP contribution in [0.4, 0.5) is 11.4 Å². The van der Waals surface area contributed by atoms with Gasteiger partial charge < -0.3 is 19.7 Å². The molecule has 2 heterocycles. The molecule has 6 nitrogen and oxygen atoms in total. The van der Waals surface area contributed by atoms with Crippen LogP contribution in [0.5, 0.6) is 11.5 Å². The lowest BCUT2D eigenvalue weighted by atomic mass is 10.1. The standard InChI is InChI=1S/C24H26N2O4/c1-2-16-7-3-4-8-19(16)26-15-17(13-22(26)27)23(28)25-18-9-10-20-21(14-18)30-24(29-20)11-5-6-12-24/h3-4,7-10,14,17H,2,5-6,11-13,15H2,1H3,(H,25,28)/t17-/m1/s1. The van der Waals surface area contributed by atoms with Gasteiger partial charge in [0.15, 0.2) is 11.5 Å². The molecule has 2 aliphatic heterocycles. The smallest absolute Gasteiger partial charge is 0.251 e. The third-order valence-electron chi connectivity index (χ3n) is 6.33. The summed E-state index contributed by atoms with van der Waals surface area (Å²) in [5, 5.41) is 2.96. The van der Waals surface area contributed by atoms with Crippen molar-refractivity contribution in [3.63, 3.8) is 0 Å². The molecular weight excluding hydrogens is 380 g/mol. The Morgan fingerprint density at radius 3 is 2.70 bits per heavy atom. The second-order valence-corrected chi connectivity index (χ2v) is 8.36. The van der Waals surface area contributed by atoms with Crippen molar-refractivity contribution in [2.24, 2.45) is 5.92 Å². The molecule has 1 saturated carbocycles. The number of ether oxygens (including phenoxy) is 2. The van der Waals surface area contributed by atoms with Crippen LogP contribution < -0.4 is 19.7 Å². The lowest BCUT2D eigenvalue weighted by Crippen LogP contribution is -2.34. The summed E-state index contributed by atoms with van der Waals surface area (Å²) in [6.45, 7) is 2.47. The second kappa shape index (κ2) is 7.35. The van der Waals surface area contributed by atoms with Crippen molar-refractivity contribution in [3.05, 3.63) is 48.0 Å². The molecule has 0 radical (unpaired) electrons. The van der Waals surface area contributed by atoms with Crippen molar-refractivity contribution < 1.29 is 19.1 Å². The highest BCUT2D eigenvalue weighted by molar-refractivity contribution is 6.04. The van der Waals surface area contributed by atoms with Crippen LogP contribution >= 0.6 is 0 Å². The van der Waals surface area contributed by atoms with Crippen LogP contribution in [0.1, 0.15) is 44.6 Å². The van der Waals surface area contributed by atoms with Gasteiger partial charge in [0.25, 0.3) is 5.79 Å². The van der Waals surface area contributed by atoms with E-state index < -0.39 is 5.79 Å². The fourth-order valence-electron chi connectivity index (χ4n) is 4.72. The monoisotopic (exact) mass is 406 g/mol. The molecule has 2 aromatic carbocycles. The Kier molecular flexibility index (Phi) is 4.65. The quantitative estimate of drug-likeness (QED) is 0.823. The highest BCUT2D eigenvalue weighted by atomic mass is 16.7. The van der Waals surface area contributed by atoms with Crippen LogP contribution in [-0.2, 0) is 16.0 Å². The van der Waals surface area contributed by atoms with E-state index in [4.69, 9.17) is 9.47 Å². The Bertz CT molecular complexity index is 996. The van der Waals surface area contributed by atoms with Crippen LogP contribution in [0.3, 0.4) is 0 Å². The zero-order chi connectivity index (χ0) is 20.7. The number of para-hydroxylation sites is 1. The molecule has 156 valence electrons. The fraction of sp³-hybridized carbons (Fsp3) is 0.417. The summed E-state index contributed by atoms with van der Waals surface area (Å²) in [5.41, 5.74) is 2.69. The molecule has 2 amide bonds. The highest BCUT2D eigenvalue weighted by Crippen LogP contribution is 2.47. The molecular formula is C24H26N2O4. The van der Waals surface area contributed by atoms with Gasteiger partial charge in [0.05, 0.1) is 5.92 Å². The lowest BCUT2D eigenvalue weighted by Gasteiger charge is -2.21. The number of fused-ring (bicyclic) bond motifs is 1. The van der Waals surface area contributed by atoms with Gasteiger partial charge in [0.2, 0.25) is 11.8 Å². The maximum atomic E-state index is 12.9. The fourth-order valence-corrected chi connectivity index (χ4v) is 4.72. The summed E-state index contributed by atoms with van der Waals surface area (Å²) in [7, 11) is 0. The number of carbonyl (C=O) groups excluding carboxylic acids is 2. The molecule has 2 fully saturated rings. The number of rotatable bonds is 4. The van der Waals surface area contributed by atoms with E-state index in [9.17, 15) is 9.59 Å². The van der Waals surface area contributed by atoms with Crippen LogP contribution in [0.2, 0.25) is 0 Å². The number of nitrogens with zero attached hydrogens (tertiary/aromatic N) is 1. The van der Waals surface area contributed by atoms with E-state index in [2.05, 4.69) is 12.2 Å². The van der Waals surface area contributed by atoms with Crippen molar-refractivity contribution in [3.8, 4) is 11.5 Å². The average molecular weight is 406 g/mol. The van der Waals surface area contributed by atoms with Gasteiger partial charge in [0.1, 0.15) is 0 Å². The predicted molar refractivity (Wildman–Crippen MR) is 114 cm³/mol. The summed E-state index contributed by atoms with van der Waals surface area (Å²) in [6, 6.07) is 13.4. The van der Waals surface area contributed by atoms with E-state index in [1.807, 2.05) is 42.5 Å². The number of anilines is 2. The minimum absolute atomic E-state index is 0.00934. The first-order chi connectivity index (χ1) is 14.6. The highest BCUT2D eigenvalue weighted by Gasteiger charge is 2.44. The van der Waals surface area contributed by atoms with Crippen molar-refractivity contribution in [1.29, 1.82) is 0 Å². The third kappa shape index (κ3) is 3.30. The molecule has 6 heteroatoms. The van der Waals surface area contributed by atoms with Gasteiger partial charge in [-0.05, 0) is 43.0 Å². The summed E-state index contributed by atoms with van der Waals surface area (Å²) in [4.78, 5) is 27.2. The molecule has 5 rings (SSSR count). The number of hydrogen-bond donors (Lipinski definition) is 1. The van der Waals surface area contributed by atoms with Gasteiger partial charge in [-0.3, -0.25) is 9.59 Å². The largest absolute Gasteiger partial charge is 0.448 e. The van der Waals surface area contributed by atoms with Crippen molar-refractivity contribution in [2.75, 3.05) is 16.8 Å². The number of aryl methyl sites for hydroxylation is 1. The van der Waals surface area contributed by atoms with E-state index >= 15 is 0 Å². The normalized spacial score (nSPS) is 21.4. The number of amides is 2. The lowest BCUT2D eigenvalue weighted by molar-refractivity contribution is -0.122. The van der Waals surface area contributed by atoms with E-state index in [-0.39, 0.29) is 24.2 Å². The van der Waals surface area contributed by atoms with E-state index in [1.54, 1.807) is 4.90 Å². The molecule has 3 aliphatic rings. The Hall–Kier alpha value is -3.02. The molecule has 1 aliphatic carbocycles. The van der Waals surface area contributed by atoms with E-state index in [0.717, 1.165) is 49.1 Å². The number of carbonyl (C=O) groups is 2. The van der Waals surface area contributed by atoms with E-state index in [0.29, 0.717) is 18.0 Å². The van der Waals surface area contributed by atoms with Crippen LogP contribution in [-0.4, -0.2) is 24.1 Å². The van der Waals surface area contributed by atoms with Gasteiger partial charge >= 0.3 is 0 Å². The Labute approximate surface area is 176 Å². The van der Waals surface area contributed by atoms with Gasteiger partial charge in [-0.25, -0.2) is 0 Å². The topological polar surface area (TPSA) is 67.9 Å². The average Bonchev–Trinajstić information content (AvgIpc) is 3.46. The molecule has 0 aromatic heterocycles. The van der Waals surface area contributed by atoms with Crippen molar-refractivity contribution in [1.82, 2.24) is 0 Å². The zero-order valence-corrected chi connectivity index (χ0v) is 17.1. The van der Waals surface area contributed by atoms with Crippen molar-refractivity contribution >= 4 is 23.2 Å². The van der Waals surface area contributed by atoms with E-state index in [1.165, 1.54) is 0 Å². The van der Waals surface area contributed by atoms with Gasteiger partial charge in [-0.1, -0.05) is 25.1 Å². The SMILES string of the molecule is CCc1ccccc1N1C[C@H](C(=O)Nc2ccc3c(c2)OC2(CCCC2)O3)CC1=O. The molecule has 1 saturated heterocycles. The maximum Gasteiger partial charge on any atom is 0.251 e. The predicted octanol–water partition coefficient (Wildman–Crippen LogP) is 4.28. The van der Waals surface area contributed by atoms with Gasteiger partial charge in [-0.2, -0.15) is 0 Å². The summed E-state index contributed by atoms with van der Waals surface area (Å²) >= 11 is 0. The van der Waals surface area contributed by atoms with Crippen LogP contribution in [0.25, 0.3) is 0 Å². The summed E-state index contributed by atoms with van der Waals surface area (Å²) in [6.07, 6.45) is 5.05. The Balaban J connectivity index is 1.27. The van der Waals surface area contributed by atoms with Crippen molar-refractivity contribution in [2.45, 2.75) is 51.2 Å². The third-order valence-corrected chi connectivity index (χ3v) is 6.33. The molecule has 30 heavy (non-hydrogen) atoms. The zero-order valence-electron chi connectivity index (χ0n) is 17.1. The molecule has 2 aromatic rings. The van der Waals surface area contributed by atoms with Gasteiger partial charge in [0, 0.05) is 43.2 Å². The Morgan fingerprint density at radius 2 is 1.90 bits per heavy atom. The second-order valence-electron chi connectivity index (χ2n) is 8.36. The first kappa shape index (κ1) is 19.0. The Morgan fingerprint density at radius 1 is 1.13 bits per heavy atom. The summed E-state index contributed by atoms with van der Waals surface area (Å²) in [5.74, 6) is 0.355. The maximum absolute atomic E-state index is 12.9. The first-order valence-corrected chi connectivity index (χ1v) is 10.8. The molecule has 0 bridgehead atoms. The molecule has 1 spiro atoms.